The maximum absolute atomic E-state index is 2.60. The van der Waals surface area contributed by atoms with Crippen molar-refractivity contribution in [3.05, 3.63) is 72.8 Å². The second kappa shape index (κ2) is 11.1. The fourth-order valence-electron chi connectivity index (χ4n) is 8.55. The van der Waals surface area contributed by atoms with Gasteiger partial charge >= 0.3 is 0 Å². The van der Waals surface area contributed by atoms with Crippen LogP contribution in [0.2, 0.25) is 0 Å². The van der Waals surface area contributed by atoms with Gasteiger partial charge in [0.25, 0.3) is 0 Å². The Morgan fingerprint density at radius 3 is 1.22 bits per heavy atom. The van der Waals surface area contributed by atoms with E-state index >= 15 is 0 Å². The van der Waals surface area contributed by atoms with Gasteiger partial charge in [0.1, 0.15) is 0 Å². The number of rotatable bonds is 4. The highest BCUT2D eigenvalue weighted by atomic mass is 32.1. The Morgan fingerprint density at radius 2 is 0.826 bits per heavy atom. The molecule has 0 radical (unpaired) electrons. The zero-order chi connectivity index (χ0) is 31.1. The number of anilines is 2. The Kier molecular flexibility index (Phi) is 6.98. The van der Waals surface area contributed by atoms with Gasteiger partial charge in [-0.3, -0.25) is 0 Å². The van der Waals surface area contributed by atoms with Crippen LogP contribution >= 0.6 is 22.7 Å². The molecule has 2 saturated heterocycles. The van der Waals surface area contributed by atoms with Crippen molar-refractivity contribution in [3.63, 3.8) is 0 Å². The van der Waals surface area contributed by atoms with Crippen LogP contribution in [0, 0.1) is 23.7 Å². The summed E-state index contributed by atoms with van der Waals surface area (Å²) in [5, 5.41) is 11.0. The average Bonchev–Trinajstić information content (AvgIpc) is 3.60. The van der Waals surface area contributed by atoms with Crippen molar-refractivity contribution in [2.45, 2.75) is 53.4 Å². The van der Waals surface area contributed by atoms with E-state index in [0.29, 0.717) is 0 Å². The molecule has 0 unspecified atom stereocenters. The van der Waals surface area contributed by atoms with Crippen molar-refractivity contribution < 1.29 is 0 Å². The molecule has 9 rings (SSSR count). The van der Waals surface area contributed by atoms with Gasteiger partial charge in [-0.1, -0.05) is 39.8 Å². The van der Waals surface area contributed by atoms with Crippen LogP contribution in [0.3, 0.4) is 0 Å². The molecule has 0 atom stereocenters. The normalized spacial score (nSPS) is 17.4. The molecule has 2 aliphatic heterocycles. The lowest BCUT2D eigenvalue weighted by molar-refractivity contribution is 0.311. The van der Waals surface area contributed by atoms with Gasteiger partial charge in [-0.25, -0.2) is 0 Å². The molecule has 0 saturated carbocycles. The molecule has 0 amide bonds. The summed E-state index contributed by atoms with van der Waals surface area (Å²) < 4.78 is 5.59. The molecule has 7 aromatic rings. The molecule has 2 nitrogen and oxygen atoms in total. The number of nitrogens with zero attached hydrogens (tertiary/aromatic N) is 2. The average molecular weight is 641 g/mol. The van der Waals surface area contributed by atoms with Crippen molar-refractivity contribution >= 4 is 95.9 Å². The molecule has 0 N–H and O–H groups in total. The van der Waals surface area contributed by atoms with Gasteiger partial charge in [0.05, 0.1) is 0 Å². The topological polar surface area (TPSA) is 6.48 Å². The summed E-state index contributed by atoms with van der Waals surface area (Å²) in [6, 6.07) is 29.0. The molecule has 0 spiro atoms. The largest absolute Gasteiger partial charge is 0.371 e. The second-order valence-electron chi connectivity index (χ2n) is 14.9. The Labute approximate surface area is 280 Å². The third-order valence-electron chi connectivity index (χ3n) is 11.6. The minimum atomic E-state index is 0.795. The summed E-state index contributed by atoms with van der Waals surface area (Å²) in [5.74, 6) is 3.33. The van der Waals surface area contributed by atoms with E-state index in [2.05, 4.69) is 110 Å². The molecule has 4 heteroatoms. The van der Waals surface area contributed by atoms with E-state index in [9.17, 15) is 0 Å². The van der Waals surface area contributed by atoms with Crippen LogP contribution in [0.25, 0.3) is 61.9 Å². The summed E-state index contributed by atoms with van der Waals surface area (Å²) in [6.07, 6.45) is 5.24. The summed E-state index contributed by atoms with van der Waals surface area (Å²) in [5.41, 5.74) is 2.77. The van der Waals surface area contributed by atoms with Gasteiger partial charge in [0.2, 0.25) is 0 Å². The Balaban J connectivity index is 1.06. The lowest BCUT2D eigenvalue weighted by Crippen LogP contribution is -2.35. The van der Waals surface area contributed by atoms with Crippen LogP contribution in [0.15, 0.2) is 72.8 Å². The van der Waals surface area contributed by atoms with Crippen LogP contribution < -0.4 is 9.80 Å². The van der Waals surface area contributed by atoms with Gasteiger partial charge < -0.3 is 9.80 Å². The molecule has 2 aliphatic rings. The fraction of sp³-hybridized carbons (Fsp3) is 0.381. The quantitative estimate of drug-likeness (QED) is 0.189. The minimum Gasteiger partial charge on any atom is -0.371 e. The van der Waals surface area contributed by atoms with E-state index in [1.165, 1.54) is 125 Å². The number of benzene rings is 5. The summed E-state index contributed by atoms with van der Waals surface area (Å²) >= 11 is 3.91. The standard InChI is InChI=1S/C42H44N2S2/c1-25(2)27-9-13-43(14-10-27)33-7-5-29-19-35-37-23-42-38(24-41(37)45-39(35)21-31(29)17-33)36-20-30-6-8-34(18-32(30)22-40(36)46-42)44-15-11-28(12-16-44)26(3)4/h5-8,17-28H,9-16H2,1-4H3. The van der Waals surface area contributed by atoms with E-state index in [4.69, 9.17) is 0 Å². The smallest absolute Gasteiger partial charge is 0.0372 e. The molecule has 0 aliphatic carbocycles. The third kappa shape index (κ3) is 4.86. The lowest BCUT2D eigenvalue weighted by atomic mass is 9.86. The first kappa shape index (κ1) is 28.8. The minimum absolute atomic E-state index is 0.795. The molecular weight excluding hydrogens is 597 g/mol. The maximum atomic E-state index is 2.60. The molecule has 4 heterocycles. The van der Waals surface area contributed by atoms with Crippen LogP contribution in [-0.2, 0) is 0 Å². The van der Waals surface area contributed by atoms with Crippen LogP contribution in [-0.4, -0.2) is 26.2 Å². The summed E-state index contributed by atoms with van der Waals surface area (Å²) in [4.78, 5) is 5.21. The number of thiophene rings is 2. The zero-order valence-corrected chi connectivity index (χ0v) is 29.2. The number of piperidine rings is 2. The van der Waals surface area contributed by atoms with Gasteiger partial charge in [-0.05, 0) is 132 Å². The van der Waals surface area contributed by atoms with Gasteiger partial charge in [-0.2, -0.15) is 0 Å². The first-order chi connectivity index (χ1) is 22.4. The highest BCUT2D eigenvalue weighted by Gasteiger charge is 2.23. The van der Waals surface area contributed by atoms with Gasteiger partial charge in [-0.15, -0.1) is 22.7 Å². The van der Waals surface area contributed by atoms with Gasteiger partial charge in [0.15, 0.2) is 0 Å². The van der Waals surface area contributed by atoms with E-state index in [0.717, 1.165) is 23.7 Å². The van der Waals surface area contributed by atoms with Crippen molar-refractivity contribution in [1.29, 1.82) is 0 Å². The Bertz CT molecular complexity index is 2090. The lowest BCUT2D eigenvalue weighted by Gasteiger charge is -2.35. The molecule has 2 fully saturated rings. The first-order valence-electron chi connectivity index (χ1n) is 17.6. The zero-order valence-electron chi connectivity index (χ0n) is 27.6. The van der Waals surface area contributed by atoms with Crippen molar-refractivity contribution in [1.82, 2.24) is 0 Å². The van der Waals surface area contributed by atoms with Crippen molar-refractivity contribution in [2.24, 2.45) is 23.7 Å². The summed E-state index contributed by atoms with van der Waals surface area (Å²) in [6.45, 7) is 14.2. The SMILES string of the molecule is CC(C)C1CCN(c2ccc3cc4c(cc3c2)sc2cc3c(cc24)sc2cc4cc(N5CCC(C(C)C)CC5)ccc4cc23)CC1. The third-order valence-corrected chi connectivity index (χ3v) is 13.9. The van der Waals surface area contributed by atoms with E-state index in [-0.39, 0.29) is 0 Å². The van der Waals surface area contributed by atoms with Crippen LogP contribution in [0.4, 0.5) is 11.4 Å². The fourth-order valence-corrected chi connectivity index (χ4v) is 10.9. The molecule has 234 valence electrons. The number of hydrogen-bond acceptors (Lipinski definition) is 4. The second-order valence-corrected chi connectivity index (χ2v) is 17.1. The molecule has 0 bridgehead atoms. The molecular formula is C42H44N2S2. The molecule has 46 heavy (non-hydrogen) atoms. The molecule has 2 aromatic heterocycles. The van der Waals surface area contributed by atoms with Crippen molar-refractivity contribution in [2.75, 3.05) is 36.0 Å². The monoisotopic (exact) mass is 640 g/mol. The Morgan fingerprint density at radius 1 is 0.457 bits per heavy atom. The van der Waals surface area contributed by atoms with E-state index in [1.54, 1.807) is 0 Å². The van der Waals surface area contributed by atoms with E-state index in [1.807, 2.05) is 22.7 Å². The highest BCUT2D eigenvalue weighted by molar-refractivity contribution is 7.27. The summed E-state index contributed by atoms with van der Waals surface area (Å²) in [7, 11) is 0. The highest BCUT2D eigenvalue weighted by Crippen LogP contribution is 2.44. The molecule has 5 aromatic carbocycles. The Hall–Kier alpha value is -3.34. The van der Waals surface area contributed by atoms with Gasteiger partial charge in [0, 0.05) is 77.9 Å². The van der Waals surface area contributed by atoms with Crippen LogP contribution in [0.1, 0.15) is 53.4 Å². The van der Waals surface area contributed by atoms with Crippen molar-refractivity contribution in [3.8, 4) is 0 Å². The predicted octanol–water partition coefficient (Wildman–Crippen LogP) is 12.5. The predicted molar refractivity (Wildman–Crippen MR) is 207 cm³/mol. The van der Waals surface area contributed by atoms with E-state index < -0.39 is 0 Å². The first-order valence-corrected chi connectivity index (χ1v) is 19.2. The maximum Gasteiger partial charge on any atom is 0.0372 e. The number of fused-ring (bicyclic) bond motifs is 8. The number of hydrogen-bond donors (Lipinski definition) is 0. The van der Waals surface area contributed by atoms with Crippen LogP contribution in [0.5, 0.6) is 0 Å².